The van der Waals surface area contributed by atoms with Gasteiger partial charge in [-0.2, -0.15) is 0 Å². The van der Waals surface area contributed by atoms with Crippen LogP contribution in [0.25, 0.3) is 0 Å². The van der Waals surface area contributed by atoms with Gasteiger partial charge in [0.1, 0.15) is 0 Å². The van der Waals surface area contributed by atoms with Crippen LogP contribution in [-0.2, 0) is 4.74 Å². The second-order valence-electron chi connectivity index (χ2n) is 3.56. The maximum absolute atomic E-state index is 6.12. The molecule has 2 nitrogen and oxygen atoms in total. The van der Waals surface area contributed by atoms with Gasteiger partial charge in [0, 0.05) is 18.6 Å². The van der Waals surface area contributed by atoms with Crippen molar-refractivity contribution in [3.8, 4) is 0 Å². The molecule has 1 fully saturated rings. The Morgan fingerprint density at radius 2 is 2.08 bits per heavy atom. The summed E-state index contributed by atoms with van der Waals surface area (Å²) in [5, 5.41) is 0. The Hall–Kier alpha value is -0.860. The van der Waals surface area contributed by atoms with Gasteiger partial charge in [0.15, 0.2) is 0 Å². The normalized spacial score (nSPS) is 24.5. The largest absolute Gasteiger partial charge is 0.381 e. The van der Waals surface area contributed by atoms with Crippen molar-refractivity contribution >= 4 is 0 Å². The Balaban J connectivity index is 2.08. The SMILES string of the molecule is N[C@@H](c1ccccc1)[C@H]1CCOC1. The van der Waals surface area contributed by atoms with E-state index in [1.54, 1.807) is 0 Å². The van der Waals surface area contributed by atoms with E-state index in [0.717, 1.165) is 19.6 Å². The van der Waals surface area contributed by atoms with Crippen molar-refractivity contribution in [2.75, 3.05) is 13.2 Å². The molecule has 0 radical (unpaired) electrons. The molecule has 0 aliphatic carbocycles. The van der Waals surface area contributed by atoms with Crippen LogP contribution in [0, 0.1) is 5.92 Å². The minimum absolute atomic E-state index is 0.142. The van der Waals surface area contributed by atoms with Crippen molar-refractivity contribution < 1.29 is 4.74 Å². The molecule has 1 aliphatic rings. The molecular weight excluding hydrogens is 162 g/mol. The van der Waals surface area contributed by atoms with Crippen LogP contribution in [0.3, 0.4) is 0 Å². The third-order valence-corrected chi connectivity index (χ3v) is 2.66. The van der Waals surface area contributed by atoms with Crippen LogP contribution in [-0.4, -0.2) is 13.2 Å². The first-order valence-electron chi connectivity index (χ1n) is 4.76. The van der Waals surface area contributed by atoms with Crippen LogP contribution in [0.5, 0.6) is 0 Å². The first-order valence-corrected chi connectivity index (χ1v) is 4.76. The van der Waals surface area contributed by atoms with E-state index in [1.165, 1.54) is 5.56 Å². The van der Waals surface area contributed by atoms with Gasteiger partial charge in [0.2, 0.25) is 0 Å². The lowest BCUT2D eigenvalue weighted by atomic mass is 9.93. The Bertz CT molecular complexity index is 254. The fourth-order valence-electron chi connectivity index (χ4n) is 1.78. The van der Waals surface area contributed by atoms with Gasteiger partial charge < -0.3 is 10.5 Å². The molecule has 13 heavy (non-hydrogen) atoms. The molecule has 1 aromatic rings. The molecule has 1 aliphatic heterocycles. The summed E-state index contributed by atoms with van der Waals surface area (Å²) in [6.45, 7) is 1.68. The molecular formula is C11H15NO. The molecule has 2 rings (SSSR count). The van der Waals surface area contributed by atoms with E-state index in [2.05, 4.69) is 12.1 Å². The summed E-state index contributed by atoms with van der Waals surface area (Å²) in [6.07, 6.45) is 1.09. The highest BCUT2D eigenvalue weighted by atomic mass is 16.5. The van der Waals surface area contributed by atoms with E-state index >= 15 is 0 Å². The van der Waals surface area contributed by atoms with Gasteiger partial charge in [0.05, 0.1) is 6.61 Å². The lowest BCUT2D eigenvalue weighted by molar-refractivity contribution is 0.181. The van der Waals surface area contributed by atoms with E-state index in [4.69, 9.17) is 10.5 Å². The van der Waals surface area contributed by atoms with Crippen molar-refractivity contribution in [2.45, 2.75) is 12.5 Å². The van der Waals surface area contributed by atoms with Gasteiger partial charge in [-0.15, -0.1) is 0 Å². The molecule has 2 N–H and O–H groups in total. The topological polar surface area (TPSA) is 35.2 Å². The molecule has 0 unspecified atom stereocenters. The molecule has 1 heterocycles. The predicted molar refractivity (Wildman–Crippen MR) is 52.3 cm³/mol. The summed E-state index contributed by atoms with van der Waals surface area (Å²) in [4.78, 5) is 0. The number of nitrogens with two attached hydrogens (primary N) is 1. The molecule has 2 atom stereocenters. The zero-order chi connectivity index (χ0) is 9.10. The molecule has 0 spiro atoms. The van der Waals surface area contributed by atoms with E-state index in [-0.39, 0.29) is 6.04 Å². The molecule has 0 amide bonds. The zero-order valence-corrected chi connectivity index (χ0v) is 7.65. The lowest BCUT2D eigenvalue weighted by Gasteiger charge is -2.17. The minimum atomic E-state index is 0.142. The van der Waals surface area contributed by atoms with Crippen LogP contribution in [0.15, 0.2) is 30.3 Å². The van der Waals surface area contributed by atoms with Gasteiger partial charge in [-0.05, 0) is 12.0 Å². The van der Waals surface area contributed by atoms with Crippen molar-refractivity contribution in [1.29, 1.82) is 0 Å². The van der Waals surface area contributed by atoms with E-state index < -0.39 is 0 Å². The predicted octanol–water partition coefficient (Wildman–Crippen LogP) is 1.72. The van der Waals surface area contributed by atoms with Crippen LogP contribution in [0.4, 0.5) is 0 Å². The Kier molecular flexibility index (Phi) is 2.62. The van der Waals surface area contributed by atoms with Gasteiger partial charge >= 0.3 is 0 Å². The van der Waals surface area contributed by atoms with Crippen LogP contribution in [0.2, 0.25) is 0 Å². The lowest BCUT2D eigenvalue weighted by Crippen LogP contribution is -2.21. The van der Waals surface area contributed by atoms with Gasteiger partial charge in [0.25, 0.3) is 0 Å². The number of benzene rings is 1. The number of hydrogen-bond donors (Lipinski definition) is 1. The maximum Gasteiger partial charge on any atom is 0.0513 e. The summed E-state index contributed by atoms with van der Waals surface area (Å²) in [7, 11) is 0. The fraction of sp³-hybridized carbons (Fsp3) is 0.455. The number of ether oxygens (including phenoxy) is 1. The first kappa shape index (κ1) is 8.73. The van der Waals surface area contributed by atoms with Crippen molar-refractivity contribution in [1.82, 2.24) is 0 Å². The quantitative estimate of drug-likeness (QED) is 0.746. The summed E-state index contributed by atoms with van der Waals surface area (Å²) in [5.41, 5.74) is 7.34. The van der Waals surface area contributed by atoms with Crippen molar-refractivity contribution in [3.05, 3.63) is 35.9 Å². The van der Waals surface area contributed by atoms with Crippen LogP contribution in [0.1, 0.15) is 18.0 Å². The van der Waals surface area contributed by atoms with Gasteiger partial charge in [-0.3, -0.25) is 0 Å². The van der Waals surface area contributed by atoms with E-state index in [9.17, 15) is 0 Å². The molecule has 1 aromatic carbocycles. The highest BCUT2D eigenvalue weighted by molar-refractivity contribution is 5.19. The molecule has 70 valence electrons. The molecule has 0 aromatic heterocycles. The number of rotatable bonds is 2. The van der Waals surface area contributed by atoms with Gasteiger partial charge in [-0.1, -0.05) is 30.3 Å². The standard InChI is InChI=1S/C11H15NO/c12-11(10-6-7-13-8-10)9-4-2-1-3-5-9/h1-5,10-11H,6-8,12H2/t10-,11-/m0/s1. The maximum atomic E-state index is 6.12. The average molecular weight is 177 g/mol. The third kappa shape index (κ3) is 1.90. The second kappa shape index (κ2) is 3.90. The van der Waals surface area contributed by atoms with Crippen molar-refractivity contribution in [2.24, 2.45) is 11.7 Å². The zero-order valence-electron chi connectivity index (χ0n) is 7.65. The third-order valence-electron chi connectivity index (χ3n) is 2.66. The fourth-order valence-corrected chi connectivity index (χ4v) is 1.78. The molecule has 2 heteroatoms. The summed E-state index contributed by atoms with van der Waals surface area (Å²) in [5.74, 6) is 0.502. The number of hydrogen-bond acceptors (Lipinski definition) is 2. The molecule has 0 saturated carbocycles. The first-order chi connectivity index (χ1) is 6.38. The smallest absolute Gasteiger partial charge is 0.0513 e. The van der Waals surface area contributed by atoms with Crippen LogP contribution < -0.4 is 5.73 Å². The highest BCUT2D eigenvalue weighted by Crippen LogP contribution is 2.26. The van der Waals surface area contributed by atoms with E-state index in [1.807, 2.05) is 18.2 Å². The second-order valence-corrected chi connectivity index (χ2v) is 3.56. The van der Waals surface area contributed by atoms with Crippen molar-refractivity contribution in [3.63, 3.8) is 0 Å². The van der Waals surface area contributed by atoms with Gasteiger partial charge in [-0.25, -0.2) is 0 Å². The highest BCUT2D eigenvalue weighted by Gasteiger charge is 2.23. The molecule has 1 saturated heterocycles. The summed E-state index contributed by atoms with van der Waals surface area (Å²) < 4.78 is 5.32. The average Bonchev–Trinajstić information content (AvgIpc) is 2.71. The Morgan fingerprint density at radius 1 is 1.31 bits per heavy atom. The monoisotopic (exact) mass is 177 g/mol. The Labute approximate surface area is 78.7 Å². The summed E-state index contributed by atoms with van der Waals surface area (Å²) >= 11 is 0. The molecule has 0 bridgehead atoms. The minimum Gasteiger partial charge on any atom is -0.381 e. The van der Waals surface area contributed by atoms with E-state index in [0.29, 0.717) is 5.92 Å². The Morgan fingerprint density at radius 3 is 2.69 bits per heavy atom. The summed E-state index contributed by atoms with van der Waals surface area (Å²) in [6, 6.07) is 10.4. The van der Waals surface area contributed by atoms with Crippen LogP contribution >= 0.6 is 0 Å².